The minimum Gasteiger partial charge on any atom is -1.00 e. The number of hydrogen-bond donors (Lipinski definition) is 0. The topological polar surface area (TPSA) is 35.1 Å². The fourth-order valence-corrected chi connectivity index (χ4v) is 2.24. The smallest absolute Gasteiger partial charge is 0.210 e. The van der Waals surface area contributed by atoms with Crippen LogP contribution in [0.5, 0.6) is 0 Å². The molecule has 3 nitrogen and oxygen atoms in total. The van der Waals surface area contributed by atoms with Crippen molar-refractivity contribution in [2.24, 2.45) is 0 Å². The fourth-order valence-electron chi connectivity index (χ4n) is 2.24. The quantitative estimate of drug-likeness (QED) is 0.481. The summed E-state index contributed by atoms with van der Waals surface area (Å²) in [5.41, 5.74) is 4.11. The highest BCUT2D eigenvalue weighted by Crippen LogP contribution is 2.15. The maximum absolute atomic E-state index is 11.3. The zero-order chi connectivity index (χ0) is 14.7. The molecule has 0 spiro atoms. The zero-order valence-electron chi connectivity index (χ0n) is 12.2. The maximum Gasteiger partial charge on any atom is 0.210 e. The van der Waals surface area contributed by atoms with E-state index in [-0.39, 0.29) is 18.2 Å². The summed E-state index contributed by atoms with van der Waals surface area (Å²) in [6.07, 6.45) is 7.87. The van der Waals surface area contributed by atoms with Crippen LogP contribution in [-0.2, 0) is 0 Å². The molecule has 3 rings (SSSR count). The van der Waals surface area contributed by atoms with Crippen LogP contribution in [0, 0.1) is 0 Å². The van der Waals surface area contributed by atoms with E-state index in [1.165, 1.54) is 11.1 Å². The average molecular weight is 312 g/mol. The first kappa shape index (κ1) is 15.9. The Hall–Kier alpha value is -2.52. The Kier molecular flexibility index (Phi) is 5.02. The third-order valence-corrected chi connectivity index (χ3v) is 3.45. The zero-order valence-corrected chi connectivity index (χ0v) is 12.9. The van der Waals surface area contributed by atoms with Gasteiger partial charge >= 0.3 is 0 Å². The Balaban J connectivity index is 0.00000176. The van der Waals surface area contributed by atoms with E-state index in [2.05, 4.69) is 17.1 Å². The van der Waals surface area contributed by atoms with Gasteiger partial charge in [-0.3, -0.25) is 4.79 Å². The molecule has 0 fully saturated rings. The van der Waals surface area contributed by atoms with E-state index in [0.29, 0.717) is 0 Å². The standard InChI is InChI=1S/C18H15N2O.ClH/c1-14(21)15-2-4-18(5-3-15)20-12-8-17(9-13-20)16-6-10-19-11-7-16;/h2-13H,1H3;1H/q+1;. The molecule has 0 aliphatic rings. The van der Waals surface area contributed by atoms with Gasteiger partial charge in [-0.25, -0.2) is 4.98 Å². The summed E-state index contributed by atoms with van der Waals surface area (Å²) in [6.45, 7) is 1.58. The molecule has 0 saturated heterocycles. The lowest BCUT2D eigenvalue weighted by molar-refractivity contribution is -0.595. The van der Waals surface area contributed by atoms with Gasteiger partial charge in [-0.1, -0.05) is 0 Å². The maximum atomic E-state index is 11.3. The van der Waals surface area contributed by atoms with Crippen LogP contribution in [0.2, 0.25) is 0 Å². The van der Waals surface area contributed by atoms with Crippen molar-refractivity contribution in [2.75, 3.05) is 0 Å². The number of aromatic nitrogens is 2. The molecular formula is C18H16ClN2O+. The molecule has 0 amide bonds. The van der Waals surface area contributed by atoms with E-state index in [1.54, 1.807) is 6.92 Å². The minimum absolute atomic E-state index is 0. The van der Waals surface area contributed by atoms with E-state index >= 15 is 0 Å². The average Bonchev–Trinajstić information content (AvgIpc) is 2.56. The number of hydrogen-bond acceptors (Lipinski definition) is 1. The Morgan fingerprint density at radius 2 is 1.41 bits per heavy atom. The number of rotatable bonds is 3. The minimum atomic E-state index is 0. The van der Waals surface area contributed by atoms with Crippen molar-refractivity contribution in [3.63, 3.8) is 0 Å². The highest BCUT2D eigenvalue weighted by atomic mass is 35.5. The van der Waals surface area contributed by atoms with E-state index in [9.17, 15) is 4.79 Å². The molecule has 22 heavy (non-hydrogen) atoms. The van der Waals surface area contributed by atoms with E-state index in [0.717, 1.165) is 11.3 Å². The third-order valence-electron chi connectivity index (χ3n) is 3.45. The van der Waals surface area contributed by atoms with Crippen LogP contribution < -0.4 is 22.0 Å². The molecule has 4 heteroatoms. The molecule has 0 aliphatic heterocycles. The monoisotopic (exact) mass is 311 g/mol. The van der Waals surface area contributed by atoms with Crippen molar-refractivity contribution in [3.8, 4) is 16.8 Å². The van der Waals surface area contributed by atoms with Crippen LogP contribution in [0.25, 0.3) is 16.8 Å². The number of nitrogens with zero attached hydrogens (tertiary/aromatic N) is 1. The first-order chi connectivity index (χ1) is 10.2. The number of aromatic amines is 1. The second-order valence-corrected chi connectivity index (χ2v) is 4.89. The summed E-state index contributed by atoms with van der Waals surface area (Å²) in [4.78, 5) is 14.3. The van der Waals surface area contributed by atoms with Crippen LogP contribution in [0.3, 0.4) is 0 Å². The third kappa shape index (κ3) is 3.38. The lowest BCUT2D eigenvalue weighted by Gasteiger charge is -2.00. The predicted octanol–water partition coefficient (Wildman–Crippen LogP) is -0.349. The molecule has 2 aromatic heterocycles. The number of carbonyl (C=O) groups excluding carboxylic acids is 1. The lowest BCUT2D eigenvalue weighted by atomic mass is 10.1. The molecule has 0 unspecified atom stereocenters. The number of carbonyl (C=O) groups is 1. The van der Waals surface area contributed by atoms with Gasteiger partial charge in [0.1, 0.15) is 0 Å². The molecule has 0 atom stereocenters. The number of benzene rings is 1. The molecule has 0 saturated carbocycles. The SMILES string of the molecule is CC(=O)c1ccc(-[n+]2ccc(-c3cc[nH+]cc3)cc2)cc1.[Cl-]. The highest BCUT2D eigenvalue weighted by molar-refractivity contribution is 5.94. The Morgan fingerprint density at radius 3 is 1.95 bits per heavy atom. The van der Waals surface area contributed by atoms with Crippen molar-refractivity contribution in [1.82, 2.24) is 0 Å². The first-order valence-corrected chi connectivity index (χ1v) is 6.83. The second-order valence-electron chi connectivity index (χ2n) is 4.89. The number of halogens is 1. The van der Waals surface area contributed by atoms with Crippen LogP contribution in [0.4, 0.5) is 0 Å². The van der Waals surface area contributed by atoms with Gasteiger partial charge in [0.25, 0.3) is 0 Å². The van der Waals surface area contributed by atoms with Gasteiger partial charge in [0.2, 0.25) is 5.69 Å². The highest BCUT2D eigenvalue weighted by Gasteiger charge is 2.08. The van der Waals surface area contributed by atoms with Crippen molar-refractivity contribution in [1.29, 1.82) is 0 Å². The Labute approximate surface area is 135 Å². The fraction of sp³-hybridized carbons (Fsp3) is 0.0556. The van der Waals surface area contributed by atoms with Crippen LogP contribution in [0.15, 0.2) is 73.3 Å². The summed E-state index contributed by atoms with van der Waals surface area (Å²) in [5, 5.41) is 0. The Morgan fingerprint density at radius 1 is 0.864 bits per heavy atom. The number of nitrogens with one attached hydrogen (secondary N) is 1. The molecule has 2 heterocycles. The van der Waals surface area contributed by atoms with Crippen molar-refractivity contribution in [3.05, 3.63) is 78.9 Å². The van der Waals surface area contributed by atoms with Crippen LogP contribution >= 0.6 is 0 Å². The number of pyridine rings is 2. The normalized spacial score (nSPS) is 9.86. The van der Waals surface area contributed by atoms with Gasteiger partial charge in [-0.15, -0.1) is 0 Å². The molecular weight excluding hydrogens is 296 g/mol. The Bertz CT molecular complexity index is 753. The summed E-state index contributed by atoms with van der Waals surface area (Å²) in [6, 6.07) is 15.9. The summed E-state index contributed by atoms with van der Waals surface area (Å²) in [7, 11) is 0. The van der Waals surface area contributed by atoms with Crippen molar-refractivity contribution in [2.45, 2.75) is 6.92 Å². The van der Waals surface area contributed by atoms with Gasteiger partial charge < -0.3 is 12.4 Å². The number of Topliss-reactive ketones (excluding diaryl/α,β-unsaturated/α-hetero) is 1. The number of ketones is 1. The molecule has 0 aliphatic carbocycles. The van der Waals surface area contributed by atoms with E-state index < -0.39 is 0 Å². The van der Waals surface area contributed by atoms with E-state index in [4.69, 9.17) is 0 Å². The van der Waals surface area contributed by atoms with Gasteiger partial charge in [0.15, 0.2) is 30.6 Å². The van der Waals surface area contributed by atoms with Gasteiger partial charge in [-0.2, -0.15) is 4.57 Å². The van der Waals surface area contributed by atoms with Crippen molar-refractivity contribution >= 4 is 5.78 Å². The van der Waals surface area contributed by atoms with Crippen molar-refractivity contribution < 1.29 is 26.8 Å². The summed E-state index contributed by atoms with van der Waals surface area (Å²) < 4.78 is 2.03. The van der Waals surface area contributed by atoms with E-state index in [1.807, 2.05) is 65.8 Å². The molecule has 1 N–H and O–H groups in total. The molecule has 3 aromatic rings. The number of H-pyrrole nitrogens is 1. The molecule has 0 bridgehead atoms. The molecule has 110 valence electrons. The van der Waals surface area contributed by atoms with Gasteiger partial charge in [-0.05, 0) is 30.2 Å². The second kappa shape index (κ2) is 6.96. The molecule has 0 radical (unpaired) electrons. The predicted molar refractivity (Wildman–Crippen MR) is 80.0 cm³/mol. The summed E-state index contributed by atoms with van der Waals surface area (Å²) in [5.74, 6) is 0.0859. The van der Waals surface area contributed by atoms with Gasteiger partial charge in [0.05, 0.1) is 0 Å². The first-order valence-electron chi connectivity index (χ1n) is 6.83. The summed E-state index contributed by atoms with van der Waals surface area (Å²) >= 11 is 0. The molecule has 1 aromatic carbocycles. The van der Waals surface area contributed by atoms with Crippen LogP contribution in [0.1, 0.15) is 17.3 Å². The van der Waals surface area contributed by atoms with Crippen LogP contribution in [-0.4, -0.2) is 5.78 Å². The van der Waals surface area contributed by atoms with Gasteiger partial charge in [0, 0.05) is 42.0 Å². The lowest BCUT2D eigenvalue weighted by Crippen LogP contribution is -3.00. The largest absolute Gasteiger partial charge is 1.00 e.